The minimum Gasteiger partial charge on any atom is -0.248 e. The number of hydrogen-bond donors (Lipinski definition) is 0. The molecule has 2 aromatic heterocycles. The van der Waals surface area contributed by atoms with Gasteiger partial charge >= 0.3 is 0 Å². The third-order valence-electron chi connectivity index (χ3n) is 12.2. The normalized spacial score (nSPS) is 11.0. The molecule has 66 heavy (non-hydrogen) atoms. The minimum atomic E-state index is 0.715. The van der Waals surface area contributed by atoms with E-state index in [0.717, 1.165) is 67.3 Å². The van der Waals surface area contributed by atoms with Gasteiger partial charge in [-0.05, 0) is 79.9 Å². The Morgan fingerprint density at radius 2 is 0.409 bits per heavy atom. The van der Waals surface area contributed by atoms with Gasteiger partial charge in [-0.1, -0.05) is 237 Å². The third kappa shape index (κ3) is 8.62. The van der Waals surface area contributed by atoms with Crippen molar-refractivity contribution >= 4 is 0 Å². The summed E-state index contributed by atoms with van der Waals surface area (Å²) in [6, 6.07) is 91.8. The summed E-state index contributed by atoms with van der Waals surface area (Å²) in [4.78, 5) is 15.1. The second-order valence-corrected chi connectivity index (χ2v) is 16.4. The first-order valence-electron chi connectivity index (χ1n) is 22.3. The van der Waals surface area contributed by atoms with E-state index >= 15 is 0 Å². The smallest absolute Gasteiger partial charge is 0.160 e. The predicted octanol–water partition coefficient (Wildman–Crippen LogP) is 16.5. The molecule has 0 N–H and O–H groups in total. The molecule has 0 saturated heterocycles. The van der Waals surface area contributed by atoms with Crippen molar-refractivity contribution < 1.29 is 0 Å². The zero-order valence-electron chi connectivity index (χ0n) is 36.2. The van der Waals surface area contributed by atoms with Gasteiger partial charge in [-0.3, -0.25) is 0 Å². The second kappa shape index (κ2) is 18.1. The van der Waals surface area contributed by atoms with Crippen LogP contribution in [-0.2, 0) is 0 Å². The number of benzene rings is 9. The first-order chi connectivity index (χ1) is 32.7. The molecule has 11 aromatic rings. The lowest BCUT2D eigenvalue weighted by molar-refractivity contribution is 1.18. The van der Waals surface area contributed by atoms with E-state index in [1.54, 1.807) is 0 Å². The zero-order chi connectivity index (χ0) is 44.1. The molecular formula is C63H43N3. The van der Waals surface area contributed by atoms with Gasteiger partial charge in [0.15, 0.2) is 5.82 Å². The molecule has 0 saturated carbocycles. The van der Waals surface area contributed by atoms with Crippen molar-refractivity contribution in [2.45, 2.75) is 0 Å². The highest BCUT2D eigenvalue weighted by molar-refractivity contribution is 5.80. The number of pyridine rings is 1. The summed E-state index contributed by atoms with van der Waals surface area (Å²) in [5, 5.41) is 0. The van der Waals surface area contributed by atoms with Crippen LogP contribution in [0.5, 0.6) is 0 Å². The van der Waals surface area contributed by atoms with Crippen molar-refractivity contribution in [3.8, 4) is 112 Å². The molecule has 0 aliphatic rings. The lowest BCUT2D eigenvalue weighted by Gasteiger charge is -2.11. The summed E-state index contributed by atoms with van der Waals surface area (Å²) in [6.45, 7) is 0. The standard InChI is InChI=1S/C63H43N3/c1-5-14-44(15-6-1)58-41-59(51-16-7-2-8-17-51)64-60(42-58)53-36-32-47(33-37-53)45-24-28-49(29-25-45)56-22-13-23-57(40-56)50-30-26-46(27-31-50)48-34-38-54(39-35-48)62-43-61(52-18-9-3-10-19-52)65-63(66-62)55-20-11-4-12-21-55/h1-43H. The van der Waals surface area contributed by atoms with Gasteiger partial charge in [0.05, 0.1) is 22.8 Å². The molecule has 0 spiro atoms. The summed E-state index contributed by atoms with van der Waals surface area (Å²) in [5.41, 5.74) is 20.7. The average Bonchev–Trinajstić information content (AvgIpc) is 3.42. The molecule has 0 unspecified atom stereocenters. The number of hydrogen-bond acceptors (Lipinski definition) is 3. The van der Waals surface area contributed by atoms with Crippen molar-refractivity contribution in [3.63, 3.8) is 0 Å². The van der Waals surface area contributed by atoms with Crippen molar-refractivity contribution in [1.82, 2.24) is 15.0 Å². The SMILES string of the molecule is c1ccc(-c2cc(-c3ccccc3)nc(-c3ccc(-c4ccc(-c5cccc(-c6ccc(-c7ccc(-c8cc(-c9ccccc9)nc(-c9ccccc9)n8)cc7)cc6)c5)cc4)cc3)c2)cc1. The average molecular weight is 842 g/mol. The fourth-order valence-electron chi connectivity index (χ4n) is 8.56. The Balaban J connectivity index is 0.797. The van der Waals surface area contributed by atoms with E-state index in [1.807, 2.05) is 42.5 Å². The molecule has 3 nitrogen and oxygen atoms in total. The van der Waals surface area contributed by atoms with E-state index in [0.29, 0.717) is 5.82 Å². The maximum absolute atomic E-state index is 5.12. The van der Waals surface area contributed by atoms with Crippen LogP contribution in [-0.4, -0.2) is 15.0 Å². The highest BCUT2D eigenvalue weighted by Crippen LogP contribution is 2.35. The minimum absolute atomic E-state index is 0.715. The van der Waals surface area contributed by atoms with Gasteiger partial charge in [0.1, 0.15) is 0 Å². The van der Waals surface area contributed by atoms with E-state index in [1.165, 1.54) is 38.9 Å². The Bertz CT molecular complexity index is 3040. The van der Waals surface area contributed by atoms with Crippen molar-refractivity contribution in [3.05, 3.63) is 261 Å². The van der Waals surface area contributed by atoms with Gasteiger partial charge in [-0.15, -0.1) is 0 Å². The fourth-order valence-corrected chi connectivity index (χ4v) is 8.56. The fraction of sp³-hybridized carbons (Fsp3) is 0. The molecule has 310 valence electrons. The van der Waals surface area contributed by atoms with Crippen molar-refractivity contribution in [2.75, 3.05) is 0 Å². The summed E-state index contributed by atoms with van der Waals surface area (Å²) in [7, 11) is 0. The van der Waals surface area contributed by atoms with Gasteiger partial charge in [-0.2, -0.15) is 0 Å². The Morgan fingerprint density at radius 3 is 0.788 bits per heavy atom. The number of aromatic nitrogens is 3. The monoisotopic (exact) mass is 841 g/mol. The summed E-state index contributed by atoms with van der Waals surface area (Å²) < 4.78 is 0. The van der Waals surface area contributed by atoms with Crippen LogP contribution in [0.2, 0.25) is 0 Å². The highest BCUT2D eigenvalue weighted by atomic mass is 14.9. The Morgan fingerprint density at radius 1 is 0.152 bits per heavy atom. The molecule has 9 aromatic carbocycles. The van der Waals surface area contributed by atoms with Gasteiger partial charge in [0.2, 0.25) is 0 Å². The summed E-state index contributed by atoms with van der Waals surface area (Å²) >= 11 is 0. The largest absolute Gasteiger partial charge is 0.248 e. The van der Waals surface area contributed by atoms with Crippen LogP contribution in [0.3, 0.4) is 0 Å². The lowest BCUT2D eigenvalue weighted by Crippen LogP contribution is -1.95. The van der Waals surface area contributed by atoms with Crippen molar-refractivity contribution in [2.24, 2.45) is 0 Å². The maximum atomic E-state index is 5.12. The lowest BCUT2D eigenvalue weighted by atomic mass is 9.95. The van der Waals surface area contributed by atoms with E-state index in [9.17, 15) is 0 Å². The summed E-state index contributed by atoms with van der Waals surface area (Å²) in [5.74, 6) is 0.715. The van der Waals surface area contributed by atoms with E-state index in [4.69, 9.17) is 15.0 Å². The molecule has 0 atom stereocenters. The quantitative estimate of drug-likeness (QED) is 0.138. The zero-order valence-corrected chi connectivity index (χ0v) is 36.2. The number of nitrogens with zero attached hydrogens (tertiary/aromatic N) is 3. The van der Waals surface area contributed by atoms with Crippen LogP contribution in [0.4, 0.5) is 0 Å². The predicted molar refractivity (Wildman–Crippen MR) is 274 cm³/mol. The van der Waals surface area contributed by atoms with Gasteiger partial charge in [0.25, 0.3) is 0 Å². The van der Waals surface area contributed by atoms with E-state index < -0.39 is 0 Å². The third-order valence-corrected chi connectivity index (χ3v) is 12.2. The Hall–Kier alpha value is -8.79. The molecule has 3 heteroatoms. The Kier molecular flexibility index (Phi) is 11.0. The van der Waals surface area contributed by atoms with Crippen LogP contribution < -0.4 is 0 Å². The van der Waals surface area contributed by atoms with Gasteiger partial charge in [-0.25, -0.2) is 15.0 Å². The second-order valence-electron chi connectivity index (χ2n) is 16.4. The molecule has 0 aliphatic heterocycles. The van der Waals surface area contributed by atoms with Gasteiger partial charge in [0, 0.05) is 27.8 Å². The molecule has 0 amide bonds. The molecule has 0 fully saturated rings. The molecule has 11 rings (SSSR count). The van der Waals surface area contributed by atoms with E-state index in [2.05, 4.69) is 218 Å². The molecule has 0 bridgehead atoms. The van der Waals surface area contributed by atoms with Crippen molar-refractivity contribution in [1.29, 1.82) is 0 Å². The van der Waals surface area contributed by atoms with Gasteiger partial charge < -0.3 is 0 Å². The summed E-state index contributed by atoms with van der Waals surface area (Å²) in [6.07, 6.45) is 0. The van der Waals surface area contributed by atoms with Crippen LogP contribution >= 0.6 is 0 Å². The molecular weight excluding hydrogens is 799 g/mol. The topological polar surface area (TPSA) is 38.7 Å². The Labute approximate surface area is 386 Å². The van der Waals surface area contributed by atoms with Crippen LogP contribution in [0.1, 0.15) is 0 Å². The van der Waals surface area contributed by atoms with Crippen LogP contribution in [0.15, 0.2) is 261 Å². The molecule has 0 aliphatic carbocycles. The molecule has 2 heterocycles. The molecule has 0 radical (unpaired) electrons. The van der Waals surface area contributed by atoms with Crippen LogP contribution in [0, 0.1) is 0 Å². The first-order valence-corrected chi connectivity index (χ1v) is 22.3. The van der Waals surface area contributed by atoms with Crippen LogP contribution in [0.25, 0.3) is 112 Å². The van der Waals surface area contributed by atoms with E-state index in [-0.39, 0.29) is 0 Å². The highest BCUT2D eigenvalue weighted by Gasteiger charge is 2.13. The first kappa shape index (κ1) is 40.0. The maximum Gasteiger partial charge on any atom is 0.160 e. The number of rotatable bonds is 10.